The van der Waals surface area contributed by atoms with Crippen molar-refractivity contribution in [2.45, 2.75) is 32.8 Å². The van der Waals surface area contributed by atoms with E-state index in [1.807, 2.05) is 57.2 Å². The molecule has 2 aromatic carbocycles. The van der Waals surface area contributed by atoms with Gasteiger partial charge in [0.15, 0.2) is 0 Å². The lowest BCUT2D eigenvalue weighted by molar-refractivity contribution is -0.153. The SMILES string of the molecule is CC(C)(C)OC(=O)Cc1ccc2ccccc2c1. The summed E-state index contributed by atoms with van der Waals surface area (Å²) in [5, 5.41) is 2.34. The van der Waals surface area contributed by atoms with Crippen molar-refractivity contribution in [2.75, 3.05) is 0 Å². The Hall–Kier alpha value is -1.83. The number of esters is 1. The molecule has 2 rings (SSSR count). The van der Waals surface area contributed by atoms with Crippen LogP contribution in [0.1, 0.15) is 26.3 Å². The van der Waals surface area contributed by atoms with Crippen molar-refractivity contribution >= 4 is 16.7 Å². The molecule has 0 aliphatic rings. The summed E-state index contributed by atoms with van der Waals surface area (Å²) in [6.07, 6.45) is 0.322. The van der Waals surface area contributed by atoms with Crippen LogP contribution in [0.4, 0.5) is 0 Å². The summed E-state index contributed by atoms with van der Waals surface area (Å²) in [5.74, 6) is -0.183. The molecule has 0 saturated heterocycles. The van der Waals surface area contributed by atoms with Gasteiger partial charge < -0.3 is 4.74 Å². The number of rotatable bonds is 2. The molecule has 2 aromatic rings. The first-order valence-corrected chi connectivity index (χ1v) is 6.13. The summed E-state index contributed by atoms with van der Waals surface area (Å²) in [6.45, 7) is 5.64. The predicted octanol–water partition coefficient (Wildman–Crippen LogP) is 3.72. The zero-order valence-electron chi connectivity index (χ0n) is 11.1. The molecular weight excluding hydrogens is 224 g/mol. The molecule has 2 nitrogen and oxygen atoms in total. The molecule has 2 heteroatoms. The van der Waals surface area contributed by atoms with Crippen LogP contribution in [0.5, 0.6) is 0 Å². The van der Waals surface area contributed by atoms with Gasteiger partial charge in [0.2, 0.25) is 0 Å². The molecule has 94 valence electrons. The number of hydrogen-bond acceptors (Lipinski definition) is 2. The minimum Gasteiger partial charge on any atom is -0.460 e. The normalized spacial score (nSPS) is 11.5. The standard InChI is InChI=1S/C16H18O2/c1-16(2,3)18-15(17)11-12-8-9-13-6-4-5-7-14(13)10-12/h4-10H,11H2,1-3H3. The number of fused-ring (bicyclic) bond motifs is 1. The van der Waals surface area contributed by atoms with Crippen molar-refractivity contribution < 1.29 is 9.53 Å². The molecule has 18 heavy (non-hydrogen) atoms. The van der Waals surface area contributed by atoms with Gasteiger partial charge in [-0.2, -0.15) is 0 Å². The Labute approximate surface area is 108 Å². The number of hydrogen-bond donors (Lipinski definition) is 0. The molecular formula is C16H18O2. The Bertz CT molecular complexity index is 565. The van der Waals surface area contributed by atoms with Gasteiger partial charge >= 0.3 is 5.97 Å². The summed E-state index contributed by atoms with van der Waals surface area (Å²) in [6, 6.07) is 14.2. The van der Waals surface area contributed by atoms with Crippen LogP contribution >= 0.6 is 0 Å². The van der Waals surface area contributed by atoms with Gasteiger partial charge in [-0.3, -0.25) is 4.79 Å². The highest BCUT2D eigenvalue weighted by Crippen LogP contribution is 2.17. The van der Waals surface area contributed by atoms with Gasteiger partial charge in [0, 0.05) is 0 Å². The summed E-state index contributed by atoms with van der Waals surface area (Å²) in [5.41, 5.74) is 0.566. The van der Waals surface area contributed by atoms with Gasteiger partial charge in [-0.25, -0.2) is 0 Å². The third kappa shape index (κ3) is 3.33. The molecule has 0 aromatic heterocycles. The van der Waals surface area contributed by atoms with Gasteiger partial charge in [-0.1, -0.05) is 42.5 Å². The van der Waals surface area contributed by atoms with E-state index in [4.69, 9.17) is 4.74 Å². The molecule has 0 atom stereocenters. The van der Waals surface area contributed by atoms with E-state index in [1.165, 1.54) is 5.39 Å². The van der Waals surface area contributed by atoms with E-state index in [0.29, 0.717) is 6.42 Å². The van der Waals surface area contributed by atoms with Crippen molar-refractivity contribution in [3.05, 3.63) is 48.0 Å². The van der Waals surface area contributed by atoms with E-state index >= 15 is 0 Å². The van der Waals surface area contributed by atoms with Crippen molar-refractivity contribution in [3.63, 3.8) is 0 Å². The molecule has 0 aliphatic carbocycles. The third-order valence-corrected chi connectivity index (χ3v) is 2.58. The number of carbonyl (C=O) groups excluding carboxylic acids is 1. The fourth-order valence-corrected chi connectivity index (χ4v) is 1.89. The molecule has 0 amide bonds. The second-order valence-corrected chi connectivity index (χ2v) is 5.44. The Morgan fingerprint density at radius 1 is 1.06 bits per heavy atom. The van der Waals surface area contributed by atoms with E-state index < -0.39 is 5.60 Å². The quantitative estimate of drug-likeness (QED) is 0.750. The molecule has 0 fully saturated rings. The maximum atomic E-state index is 11.7. The monoisotopic (exact) mass is 242 g/mol. The van der Waals surface area contributed by atoms with Gasteiger partial charge in [0.05, 0.1) is 6.42 Å². The molecule has 0 heterocycles. The van der Waals surface area contributed by atoms with Crippen molar-refractivity contribution in [3.8, 4) is 0 Å². The molecule has 0 spiro atoms. The second-order valence-electron chi connectivity index (χ2n) is 5.44. The summed E-state index contributed by atoms with van der Waals surface area (Å²) >= 11 is 0. The van der Waals surface area contributed by atoms with E-state index in [1.54, 1.807) is 0 Å². The number of ether oxygens (including phenoxy) is 1. The highest BCUT2D eigenvalue weighted by Gasteiger charge is 2.16. The number of carbonyl (C=O) groups is 1. The van der Waals surface area contributed by atoms with E-state index in [9.17, 15) is 4.79 Å². The van der Waals surface area contributed by atoms with Gasteiger partial charge in [-0.05, 0) is 37.1 Å². The van der Waals surface area contributed by atoms with Crippen LogP contribution in [0, 0.1) is 0 Å². The molecule has 0 bridgehead atoms. The van der Waals surface area contributed by atoms with Crippen LogP contribution in [0.25, 0.3) is 10.8 Å². The summed E-state index contributed by atoms with van der Waals surface area (Å²) in [7, 11) is 0. The van der Waals surface area contributed by atoms with E-state index in [2.05, 4.69) is 6.07 Å². The lowest BCUT2D eigenvalue weighted by Crippen LogP contribution is -2.24. The Kier molecular flexibility index (Phi) is 3.37. The lowest BCUT2D eigenvalue weighted by atomic mass is 10.1. The van der Waals surface area contributed by atoms with Crippen LogP contribution in [0.3, 0.4) is 0 Å². The smallest absolute Gasteiger partial charge is 0.310 e. The van der Waals surface area contributed by atoms with Crippen molar-refractivity contribution in [1.82, 2.24) is 0 Å². The third-order valence-electron chi connectivity index (χ3n) is 2.58. The first-order valence-electron chi connectivity index (χ1n) is 6.13. The summed E-state index contributed by atoms with van der Waals surface area (Å²) in [4.78, 5) is 11.7. The average Bonchev–Trinajstić information content (AvgIpc) is 2.26. The van der Waals surface area contributed by atoms with Crippen LogP contribution < -0.4 is 0 Å². The molecule has 0 unspecified atom stereocenters. The first-order chi connectivity index (χ1) is 8.44. The fraction of sp³-hybridized carbons (Fsp3) is 0.312. The highest BCUT2D eigenvalue weighted by molar-refractivity contribution is 5.84. The predicted molar refractivity (Wildman–Crippen MR) is 73.5 cm³/mol. The van der Waals surface area contributed by atoms with Gasteiger partial charge in [0.25, 0.3) is 0 Å². The molecule has 0 saturated carbocycles. The van der Waals surface area contributed by atoms with Crippen LogP contribution in [-0.4, -0.2) is 11.6 Å². The minimum atomic E-state index is -0.423. The van der Waals surface area contributed by atoms with Crippen molar-refractivity contribution in [1.29, 1.82) is 0 Å². The maximum Gasteiger partial charge on any atom is 0.310 e. The molecule has 0 radical (unpaired) electrons. The topological polar surface area (TPSA) is 26.3 Å². The Balaban J connectivity index is 2.15. The number of benzene rings is 2. The van der Waals surface area contributed by atoms with Gasteiger partial charge in [0.1, 0.15) is 5.60 Å². The van der Waals surface area contributed by atoms with Crippen LogP contribution in [-0.2, 0) is 16.0 Å². The van der Waals surface area contributed by atoms with E-state index in [0.717, 1.165) is 10.9 Å². The van der Waals surface area contributed by atoms with Crippen molar-refractivity contribution in [2.24, 2.45) is 0 Å². The first kappa shape index (κ1) is 12.6. The highest BCUT2D eigenvalue weighted by atomic mass is 16.6. The summed E-state index contributed by atoms with van der Waals surface area (Å²) < 4.78 is 5.31. The average molecular weight is 242 g/mol. The molecule has 0 aliphatic heterocycles. The van der Waals surface area contributed by atoms with E-state index in [-0.39, 0.29) is 5.97 Å². The Morgan fingerprint density at radius 3 is 2.39 bits per heavy atom. The molecule has 0 N–H and O–H groups in total. The van der Waals surface area contributed by atoms with Crippen LogP contribution in [0.15, 0.2) is 42.5 Å². The van der Waals surface area contributed by atoms with Gasteiger partial charge in [-0.15, -0.1) is 0 Å². The lowest BCUT2D eigenvalue weighted by Gasteiger charge is -2.19. The second kappa shape index (κ2) is 4.81. The minimum absolute atomic E-state index is 0.183. The Morgan fingerprint density at radius 2 is 1.72 bits per heavy atom. The maximum absolute atomic E-state index is 11.7. The zero-order chi connectivity index (χ0) is 13.2. The fourth-order valence-electron chi connectivity index (χ4n) is 1.89. The van der Waals surface area contributed by atoms with Crippen LogP contribution in [0.2, 0.25) is 0 Å². The zero-order valence-corrected chi connectivity index (χ0v) is 11.1. The largest absolute Gasteiger partial charge is 0.460 e.